The van der Waals surface area contributed by atoms with Crippen molar-refractivity contribution in [3.63, 3.8) is 0 Å². The Hall–Kier alpha value is -0.650. The summed E-state index contributed by atoms with van der Waals surface area (Å²) in [4.78, 5) is 13.9. The Bertz CT molecular complexity index is 230. The maximum atomic E-state index is 11.7. The Morgan fingerprint density at radius 2 is 2.39 bits per heavy atom. The zero-order valence-corrected chi connectivity index (χ0v) is 11.7. The van der Waals surface area contributed by atoms with Crippen molar-refractivity contribution >= 4 is 5.91 Å². The van der Waals surface area contributed by atoms with Crippen molar-refractivity contribution in [1.82, 2.24) is 15.5 Å². The number of rotatable bonds is 8. The number of amides is 1. The molecule has 0 aromatic heterocycles. The molecule has 0 aromatic carbocycles. The second-order valence-electron chi connectivity index (χ2n) is 4.88. The van der Waals surface area contributed by atoms with Gasteiger partial charge in [0.15, 0.2) is 0 Å². The lowest BCUT2D eigenvalue weighted by Crippen LogP contribution is -2.43. The number of piperidine rings is 1. The number of likely N-dealkylation sites (N-methyl/N-ethyl adjacent to an activating group) is 1. The van der Waals surface area contributed by atoms with Gasteiger partial charge in [-0.1, -0.05) is 6.92 Å². The molecule has 1 rings (SSSR count). The third-order valence-electron chi connectivity index (χ3n) is 3.36. The van der Waals surface area contributed by atoms with Crippen LogP contribution in [0.5, 0.6) is 0 Å². The zero-order chi connectivity index (χ0) is 13.2. The molecular formula is C13H27N3O2. The number of carbonyl (C=O) groups is 1. The molecule has 1 aliphatic rings. The van der Waals surface area contributed by atoms with Crippen LogP contribution in [-0.2, 0) is 9.53 Å². The lowest BCUT2D eigenvalue weighted by molar-refractivity contribution is -0.122. The largest absolute Gasteiger partial charge is 0.383 e. The molecule has 5 nitrogen and oxygen atoms in total. The molecule has 0 aliphatic carbocycles. The molecule has 0 aromatic rings. The molecule has 1 aliphatic heterocycles. The molecule has 1 fully saturated rings. The molecule has 1 heterocycles. The van der Waals surface area contributed by atoms with E-state index in [4.69, 9.17) is 4.74 Å². The minimum absolute atomic E-state index is 0.0951. The first-order valence-electron chi connectivity index (χ1n) is 6.95. The lowest BCUT2D eigenvalue weighted by Gasteiger charge is -2.29. The van der Waals surface area contributed by atoms with Gasteiger partial charge in [-0.15, -0.1) is 0 Å². The van der Waals surface area contributed by atoms with Crippen LogP contribution in [0.25, 0.3) is 0 Å². The molecule has 2 N–H and O–H groups in total. The first-order valence-corrected chi connectivity index (χ1v) is 6.95. The summed E-state index contributed by atoms with van der Waals surface area (Å²) in [5.74, 6) is 0.781. The topological polar surface area (TPSA) is 53.6 Å². The molecule has 18 heavy (non-hydrogen) atoms. The summed E-state index contributed by atoms with van der Waals surface area (Å²) in [5.41, 5.74) is 0. The van der Waals surface area contributed by atoms with Crippen LogP contribution in [0.4, 0.5) is 0 Å². The van der Waals surface area contributed by atoms with Crippen LogP contribution in [0.1, 0.15) is 19.8 Å². The molecule has 1 atom stereocenters. The molecule has 1 saturated heterocycles. The van der Waals surface area contributed by atoms with Gasteiger partial charge in [0, 0.05) is 20.2 Å². The number of hydrogen-bond acceptors (Lipinski definition) is 4. The molecule has 0 radical (unpaired) electrons. The Balaban J connectivity index is 2.20. The van der Waals surface area contributed by atoms with Crippen molar-refractivity contribution in [2.24, 2.45) is 5.92 Å². The Morgan fingerprint density at radius 3 is 3.00 bits per heavy atom. The van der Waals surface area contributed by atoms with Crippen molar-refractivity contribution < 1.29 is 9.53 Å². The van der Waals surface area contributed by atoms with Gasteiger partial charge in [-0.3, -0.25) is 9.69 Å². The maximum Gasteiger partial charge on any atom is 0.234 e. The smallest absolute Gasteiger partial charge is 0.234 e. The third kappa shape index (κ3) is 6.33. The highest BCUT2D eigenvalue weighted by Crippen LogP contribution is 2.11. The van der Waals surface area contributed by atoms with Gasteiger partial charge in [0.05, 0.1) is 13.2 Å². The second-order valence-corrected chi connectivity index (χ2v) is 4.88. The predicted octanol–water partition coefficient (Wildman–Crippen LogP) is 0.0705. The van der Waals surface area contributed by atoms with Crippen LogP contribution in [0.3, 0.4) is 0 Å². The van der Waals surface area contributed by atoms with Gasteiger partial charge in [0.2, 0.25) is 5.91 Å². The normalized spacial score (nSPS) is 20.1. The summed E-state index contributed by atoms with van der Waals surface area (Å²) in [6.07, 6.45) is 2.52. The van der Waals surface area contributed by atoms with Gasteiger partial charge < -0.3 is 15.4 Å². The lowest BCUT2D eigenvalue weighted by atomic mass is 9.99. The van der Waals surface area contributed by atoms with Crippen LogP contribution < -0.4 is 10.6 Å². The van der Waals surface area contributed by atoms with Crippen LogP contribution in [0, 0.1) is 5.92 Å². The summed E-state index contributed by atoms with van der Waals surface area (Å²) in [7, 11) is 1.64. The van der Waals surface area contributed by atoms with E-state index in [9.17, 15) is 4.79 Å². The van der Waals surface area contributed by atoms with E-state index in [1.165, 1.54) is 12.8 Å². The van der Waals surface area contributed by atoms with Crippen LogP contribution >= 0.6 is 0 Å². The van der Waals surface area contributed by atoms with Crippen molar-refractivity contribution in [1.29, 1.82) is 0 Å². The van der Waals surface area contributed by atoms with E-state index in [1.807, 2.05) is 0 Å². The summed E-state index contributed by atoms with van der Waals surface area (Å²) in [6.45, 7) is 7.94. The van der Waals surface area contributed by atoms with Crippen LogP contribution in [-0.4, -0.2) is 63.8 Å². The molecule has 5 heteroatoms. The third-order valence-corrected chi connectivity index (χ3v) is 3.36. The number of ether oxygens (including phenoxy) is 1. The molecule has 106 valence electrons. The molecule has 0 bridgehead atoms. The predicted molar refractivity (Wildman–Crippen MR) is 72.6 cm³/mol. The monoisotopic (exact) mass is 257 g/mol. The van der Waals surface area contributed by atoms with Crippen molar-refractivity contribution in [3.05, 3.63) is 0 Å². The fourth-order valence-corrected chi connectivity index (χ4v) is 2.30. The average molecular weight is 257 g/mol. The Labute approximate surface area is 110 Å². The average Bonchev–Trinajstić information content (AvgIpc) is 2.39. The zero-order valence-electron chi connectivity index (χ0n) is 11.7. The maximum absolute atomic E-state index is 11.7. The van der Waals surface area contributed by atoms with Gasteiger partial charge in [-0.25, -0.2) is 0 Å². The molecular weight excluding hydrogens is 230 g/mol. The Kier molecular flexibility index (Phi) is 7.96. The summed E-state index contributed by atoms with van der Waals surface area (Å²) >= 11 is 0. The molecule has 1 amide bonds. The van der Waals surface area contributed by atoms with Gasteiger partial charge >= 0.3 is 0 Å². The standard InChI is InChI=1S/C13H27N3O2/c1-3-16(10-12-5-4-6-14-9-12)11-13(17)15-7-8-18-2/h12,14H,3-11H2,1-2H3,(H,15,17). The first kappa shape index (κ1) is 15.4. The van der Waals surface area contributed by atoms with Crippen LogP contribution in [0.2, 0.25) is 0 Å². The highest BCUT2D eigenvalue weighted by molar-refractivity contribution is 5.77. The quantitative estimate of drug-likeness (QED) is 0.604. The highest BCUT2D eigenvalue weighted by Gasteiger charge is 2.17. The number of nitrogens with zero attached hydrogens (tertiary/aromatic N) is 1. The van der Waals surface area contributed by atoms with Gasteiger partial charge in [-0.05, 0) is 38.4 Å². The van der Waals surface area contributed by atoms with E-state index >= 15 is 0 Å². The van der Waals surface area contributed by atoms with E-state index in [-0.39, 0.29) is 5.91 Å². The van der Waals surface area contributed by atoms with E-state index < -0.39 is 0 Å². The van der Waals surface area contributed by atoms with Gasteiger partial charge in [-0.2, -0.15) is 0 Å². The number of nitrogens with one attached hydrogen (secondary N) is 2. The summed E-state index contributed by atoms with van der Waals surface area (Å²) < 4.78 is 4.91. The molecule has 0 saturated carbocycles. The molecule has 1 unspecified atom stereocenters. The van der Waals surface area contributed by atoms with Crippen molar-refractivity contribution in [3.8, 4) is 0 Å². The number of methoxy groups -OCH3 is 1. The fourth-order valence-electron chi connectivity index (χ4n) is 2.30. The van der Waals surface area contributed by atoms with E-state index in [1.54, 1.807) is 7.11 Å². The Morgan fingerprint density at radius 1 is 1.56 bits per heavy atom. The minimum Gasteiger partial charge on any atom is -0.383 e. The van der Waals surface area contributed by atoms with E-state index in [2.05, 4.69) is 22.5 Å². The second kappa shape index (κ2) is 9.30. The van der Waals surface area contributed by atoms with Crippen LogP contribution in [0.15, 0.2) is 0 Å². The highest BCUT2D eigenvalue weighted by atomic mass is 16.5. The first-order chi connectivity index (χ1) is 8.76. The fraction of sp³-hybridized carbons (Fsp3) is 0.923. The minimum atomic E-state index is 0.0951. The summed E-state index contributed by atoms with van der Waals surface area (Å²) in [5, 5.41) is 6.28. The van der Waals surface area contributed by atoms with Gasteiger partial charge in [0.25, 0.3) is 0 Å². The van der Waals surface area contributed by atoms with E-state index in [0.717, 1.165) is 26.2 Å². The van der Waals surface area contributed by atoms with E-state index in [0.29, 0.717) is 25.6 Å². The SMILES string of the molecule is CCN(CC(=O)NCCOC)CC1CCCNC1. The van der Waals surface area contributed by atoms with Crippen molar-refractivity contribution in [2.75, 3.05) is 53.0 Å². The van der Waals surface area contributed by atoms with Gasteiger partial charge in [0.1, 0.15) is 0 Å². The molecule has 0 spiro atoms. The number of hydrogen-bond donors (Lipinski definition) is 2. The van der Waals surface area contributed by atoms with Crippen molar-refractivity contribution in [2.45, 2.75) is 19.8 Å². The summed E-state index contributed by atoms with van der Waals surface area (Å²) in [6, 6.07) is 0. The number of carbonyl (C=O) groups excluding carboxylic acids is 1.